The minimum Gasteiger partial charge on any atom is -0.383 e. The van der Waals surface area contributed by atoms with Crippen molar-refractivity contribution in [3.05, 3.63) is 41.7 Å². The summed E-state index contributed by atoms with van der Waals surface area (Å²) >= 11 is 0. The van der Waals surface area contributed by atoms with Crippen LogP contribution in [0.1, 0.15) is 25.3 Å². The zero-order valence-corrected chi connectivity index (χ0v) is 10.6. The number of nitrogens with two attached hydrogens (primary N) is 1. The van der Waals surface area contributed by atoms with Gasteiger partial charge in [-0.25, -0.2) is 18.7 Å². The topological polar surface area (TPSA) is 63.8 Å². The Labute approximate surface area is 109 Å². The second-order valence-electron chi connectivity index (χ2n) is 4.46. The van der Waals surface area contributed by atoms with E-state index in [1.54, 1.807) is 0 Å². The summed E-state index contributed by atoms with van der Waals surface area (Å²) in [6.45, 7) is 3.87. The van der Waals surface area contributed by atoms with Crippen LogP contribution in [0.15, 0.2) is 24.5 Å². The molecule has 2 aromatic rings. The van der Waals surface area contributed by atoms with Gasteiger partial charge in [-0.3, -0.25) is 0 Å². The van der Waals surface area contributed by atoms with Gasteiger partial charge in [0.25, 0.3) is 0 Å². The maximum atomic E-state index is 13.1. The Morgan fingerprint density at radius 3 is 2.32 bits per heavy atom. The predicted molar refractivity (Wildman–Crippen MR) is 70.2 cm³/mol. The number of aromatic nitrogens is 2. The first-order valence-electron chi connectivity index (χ1n) is 5.81. The molecule has 0 aliphatic rings. The zero-order chi connectivity index (χ0) is 14.0. The molecule has 0 aliphatic heterocycles. The highest BCUT2D eigenvalue weighted by molar-refractivity contribution is 5.64. The number of nitrogen functional groups attached to an aromatic ring is 1. The van der Waals surface area contributed by atoms with E-state index in [-0.39, 0.29) is 11.6 Å². The lowest BCUT2D eigenvalue weighted by Crippen LogP contribution is -2.06. The molecule has 1 aromatic carbocycles. The van der Waals surface area contributed by atoms with Crippen LogP contribution in [0, 0.1) is 11.6 Å². The Bertz CT molecular complexity index is 579. The summed E-state index contributed by atoms with van der Waals surface area (Å²) in [7, 11) is 0. The first-order valence-corrected chi connectivity index (χ1v) is 5.81. The van der Waals surface area contributed by atoms with E-state index in [1.807, 2.05) is 13.8 Å². The third-order valence-corrected chi connectivity index (χ3v) is 2.62. The second-order valence-corrected chi connectivity index (χ2v) is 4.46. The Hall–Kier alpha value is -2.24. The number of nitrogens with one attached hydrogen (secondary N) is 1. The van der Waals surface area contributed by atoms with E-state index >= 15 is 0 Å². The third kappa shape index (κ3) is 2.96. The van der Waals surface area contributed by atoms with Crippen LogP contribution in [0.25, 0.3) is 0 Å². The summed E-state index contributed by atoms with van der Waals surface area (Å²) in [6, 6.07) is 3.18. The van der Waals surface area contributed by atoms with Crippen molar-refractivity contribution >= 4 is 17.3 Å². The molecule has 0 atom stereocenters. The maximum absolute atomic E-state index is 13.1. The number of nitrogens with zero attached hydrogens (tertiary/aromatic N) is 2. The third-order valence-electron chi connectivity index (χ3n) is 2.62. The molecule has 2 rings (SSSR count). The van der Waals surface area contributed by atoms with Gasteiger partial charge < -0.3 is 11.1 Å². The lowest BCUT2D eigenvalue weighted by molar-refractivity contribution is 0.584. The van der Waals surface area contributed by atoms with Gasteiger partial charge in [-0.2, -0.15) is 0 Å². The smallest absolute Gasteiger partial charge is 0.139 e. The highest BCUT2D eigenvalue weighted by Gasteiger charge is 2.13. The number of halogens is 2. The van der Waals surface area contributed by atoms with E-state index in [1.165, 1.54) is 18.5 Å². The van der Waals surface area contributed by atoms with E-state index < -0.39 is 11.6 Å². The SMILES string of the molecule is CC(C)c1c(N)ncnc1Nc1cc(F)cc(F)c1. The molecular weight excluding hydrogens is 250 g/mol. The van der Waals surface area contributed by atoms with Gasteiger partial charge >= 0.3 is 0 Å². The van der Waals surface area contributed by atoms with Gasteiger partial charge in [0.15, 0.2) is 0 Å². The Morgan fingerprint density at radius 1 is 1.11 bits per heavy atom. The lowest BCUT2D eigenvalue weighted by Gasteiger charge is -2.14. The number of hydrogen-bond donors (Lipinski definition) is 2. The molecule has 0 radical (unpaired) electrons. The molecule has 19 heavy (non-hydrogen) atoms. The molecule has 100 valence electrons. The maximum Gasteiger partial charge on any atom is 0.139 e. The average Bonchev–Trinajstić information content (AvgIpc) is 2.26. The van der Waals surface area contributed by atoms with Crippen LogP contribution in [-0.2, 0) is 0 Å². The zero-order valence-electron chi connectivity index (χ0n) is 10.6. The molecular formula is C13H14F2N4. The quantitative estimate of drug-likeness (QED) is 0.893. The normalized spacial score (nSPS) is 10.8. The summed E-state index contributed by atoms with van der Waals surface area (Å²) in [6.07, 6.45) is 1.30. The Morgan fingerprint density at radius 2 is 1.74 bits per heavy atom. The highest BCUT2D eigenvalue weighted by atomic mass is 19.1. The molecule has 0 spiro atoms. The lowest BCUT2D eigenvalue weighted by atomic mass is 10.0. The van der Waals surface area contributed by atoms with Crippen molar-refractivity contribution in [3.8, 4) is 0 Å². The van der Waals surface area contributed by atoms with Crippen LogP contribution in [0.4, 0.5) is 26.1 Å². The molecule has 0 bridgehead atoms. The molecule has 0 aliphatic carbocycles. The van der Waals surface area contributed by atoms with Gasteiger partial charge in [-0.05, 0) is 18.1 Å². The monoisotopic (exact) mass is 264 g/mol. The van der Waals surface area contributed by atoms with Crippen LogP contribution in [0.5, 0.6) is 0 Å². The predicted octanol–water partition coefficient (Wildman–Crippen LogP) is 3.20. The molecule has 0 saturated carbocycles. The summed E-state index contributed by atoms with van der Waals surface area (Å²) in [5.41, 5.74) is 6.79. The fourth-order valence-electron chi connectivity index (χ4n) is 1.84. The summed E-state index contributed by atoms with van der Waals surface area (Å²) in [5.74, 6) is -0.426. The Kier molecular flexibility index (Phi) is 3.59. The molecule has 0 amide bonds. The number of benzene rings is 1. The standard InChI is InChI=1S/C13H14F2N4/c1-7(2)11-12(16)17-6-18-13(11)19-10-4-8(14)3-9(15)5-10/h3-7H,1-2H3,(H3,16,17,18,19). The van der Waals surface area contributed by atoms with Gasteiger partial charge in [-0.1, -0.05) is 13.8 Å². The minimum absolute atomic E-state index is 0.0853. The number of anilines is 3. The first kappa shape index (κ1) is 13.2. The van der Waals surface area contributed by atoms with Crippen molar-refractivity contribution in [2.45, 2.75) is 19.8 Å². The summed E-state index contributed by atoms with van der Waals surface area (Å²) in [5, 5.41) is 2.87. The van der Waals surface area contributed by atoms with E-state index in [4.69, 9.17) is 5.73 Å². The summed E-state index contributed by atoms with van der Waals surface area (Å²) < 4.78 is 26.3. The van der Waals surface area contributed by atoms with E-state index in [9.17, 15) is 8.78 Å². The van der Waals surface area contributed by atoms with Crippen molar-refractivity contribution in [2.75, 3.05) is 11.1 Å². The van der Waals surface area contributed by atoms with E-state index in [2.05, 4.69) is 15.3 Å². The van der Waals surface area contributed by atoms with Crippen LogP contribution in [-0.4, -0.2) is 9.97 Å². The van der Waals surface area contributed by atoms with E-state index in [0.29, 0.717) is 17.2 Å². The molecule has 4 nitrogen and oxygen atoms in total. The van der Waals surface area contributed by atoms with Crippen LogP contribution in [0.2, 0.25) is 0 Å². The highest BCUT2D eigenvalue weighted by Crippen LogP contribution is 2.28. The Balaban J connectivity index is 2.40. The second kappa shape index (κ2) is 5.17. The van der Waals surface area contributed by atoms with Crippen molar-refractivity contribution < 1.29 is 8.78 Å². The van der Waals surface area contributed by atoms with E-state index in [0.717, 1.165) is 6.07 Å². The van der Waals surface area contributed by atoms with Crippen LogP contribution in [0.3, 0.4) is 0 Å². The van der Waals surface area contributed by atoms with Crippen molar-refractivity contribution in [1.29, 1.82) is 0 Å². The molecule has 0 saturated heterocycles. The molecule has 6 heteroatoms. The number of rotatable bonds is 3. The molecule has 1 heterocycles. The van der Waals surface area contributed by atoms with Gasteiger partial charge in [0.05, 0.1) is 0 Å². The molecule has 3 N–H and O–H groups in total. The van der Waals surface area contributed by atoms with Gasteiger partial charge in [0, 0.05) is 17.3 Å². The molecule has 0 unspecified atom stereocenters. The molecule has 0 fully saturated rings. The van der Waals surface area contributed by atoms with Crippen molar-refractivity contribution in [1.82, 2.24) is 9.97 Å². The van der Waals surface area contributed by atoms with Gasteiger partial charge in [-0.15, -0.1) is 0 Å². The fourth-order valence-corrected chi connectivity index (χ4v) is 1.84. The minimum atomic E-state index is -0.657. The van der Waals surface area contributed by atoms with Crippen LogP contribution >= 0.6 is 0 Å². The van der Waals surface area contributed by atoms with Crippen LogP contribution < -0.4 is 11.1 Å². The summed E-state index contributed by atoms with van der Waals surface area (Å²) in [4.78, 5) is 7.98. The average molecular weight is 264 g/mol. The van der Waals surface area contributed by atoms with Crippen molar-refractivity contribution in [2.24, 2.45) is 0 Å². The fraction of sp³-hybridized carbons (Fsp3) is 0.231. The van der Waals surface area contributed by atoms with Gasteiger partial charge in [0.2, 0.25) is 0 Å². The van der Waals surface area contributed by atoms with Gasteiger partial charge in [0.1, 0.15) is 29.6 Å². The largest absolute Gasteiger partial charge is 0.383 e. The number of hydrogen-bond acceptors (Lipinski definition) is 4. The first-order chi connectivity index (χ1) is 8.97. The van der Waals surface area contributed by atoms with Crippen molar-refractivity contribution in [3.63, 3.8) is 0 Å². The molecule has 1 aromatic heterocycles.